The summed E-state index contributed by atoms with van der Waals surface area (Å²) in [6.07, 6.45) is 5.54. The number of imidazole rings is 1. The highest BCUT2D eigenvalue weighted by atomic mass is 16.5. The molecular weight excluding hydrogens is 490 g/mol. The maximum Gasteiger partial charge on any atom is 0.227 e. The number of anilines is 2. The van der Waals surface area contributed by atoms with Gasteiger partial charge in [0.15, 0.2) is 11.6 Å². The van der Waals surface area contributed by atoms with Gasteiger partial charge >= 0.3 is 0 Å². The molecule has 9 nitrogen and oxygen atoms in total. The number of carbonyl (C=O) groups is 1. The summed E-state index contributed by atoms with van der Waals surface area (Å²) in [5.41, 5.74) is 2.11. The van der Waals surface area contributed by atoms with Crippen LogP contribution < -0.4 is 14.5 Å². The van der Waals surface area contributed by atoms with Gasteiger partial charge in [0.2, 0.25) is 5.91 Å². The molecule has 4 heterocycles. The summed E-state index contributed by atoms with van der Waals surface area (Å²) >= 11 is 0. The van der Waals surface area contributed by atoms with E-state index >= 15 is 0 Å². The van der Waals surface area contributed by atoms with Crippen molar-refractivity contribution in [3.63, 3.8) is 0 Å². The second-order valence-electron chi connectivity index (χ2n) is 10.0. The highest BCUT2D eigenvalue weighted by Gasteiger charge is 2.32. The Balaban J connectivity index is 1.09. The van der Waals surface area contributed by atoms with Crippen molar-refractivity contribution >= 4 is 17.4 Å². The number of piperidine rings is 1. The van der Waals surface area contributed by atoms with Crippen LogP contribution in [0.15, 0.2) is 79.1 Å². The largest absolute Gasteiger partial charge is 0.495 e. The predicted molar refractivity (Wildman–Crippen MR) is 151 cm³/mol. The number of para-hydroxylation sites is 2. The average Bonchev–Trinajstić information content (AvgIpc) is 3.52. The summed E-state index contributed by atoms with van der Waals surface area (Å²) in [6, 6.07) is 22.1. The fourth-order valence-corrected chi connectivity index (χ4v) is 5.61. The van der Waals surface area contributed by atoms with Gasteiger partial charge in [-0.25, -0.2) is 4.98 Å². The molecule has 0 aliphatic carbocycles. The molecule has 1 atom stereocenters. The van der Waals surface area contributed by atoms with Crippen LogP contribution in [0.5, 0.6) is 5.75 Å². The van der Waals surface area contributed by atoms with Crippen molar-refractivity contribution < 1.29 is 9.53 Å². The Morgan fingerprint density at radius 2 is 1.59 bits per heavy atom. The smallest absolute Gasteiger partial charge is 0.227 e. The highest BCUT2D eigenvalue weighted by molar-refractivity contribution is 5.80. The van der Waals surface area contributed by atoms with Gasteiger partial charge in [-0.05, 0) is 37.1 Å². The summed E-state index contributed by atoms with van der Waals surface area (Å²) in [7, 11) is 1.70. The second-order valence-corrected chi connectivity index (χ2v) is 10.0. The average molecular weight is 524 g/mol. The van der Waals surface area contributed by atoms with Crippen molar-refractivity contribution in [3.8, 4) is 23.0 Å². The Hall–Kier alpha value is -4.40. The maximum atomic E-state index is 13.5. The number of hydrogen-bond acceptors (Lipinski definition) is 7. The number of piperazine rings is 1. The Morgan fingerprint density at radius 3 is 2.36 bits per heavy atom. The number of nitrogens with zero attached hydrogens (tertiary/aromatic N) is 7. The molecule has 0 spiro atoms. The fraction of sp³-hybridized carbons (Fsp3) is 0.333. The lowest BCUT2D eigenvalue weighted by molar-refractivity contribution is -0.136. The van der Waals surface area contributed by atoms with Gasteiger partial charge < -0.3 is 19.4 Å². The zero-order valence-corrected chi connectivity index (χ0v) is 22.2. The Bertz CT molecular complexity index is 1400. The van der Waals surface area contributed by atoms with Gasteiger partial charge in [-0.1, -0.05) is 42.5 Å². The third-order valence-electron chi connectivity index (χ3n) is 7.67. The third kappa shape index (κ3) is 5.16. The molecule has 0 N–H and O–H groups in total. The lowest BCUT2D eigenvalue weighted by Crippen LogP contribution is -2.52. The number of carbonyl (C=O) groups excluding carboxylic acids is 1. The number of rotatable bonds is 6. The van der Waals surface area contributed by atoms with Gasteiger partial charge in [0, 0.05) is 57.2 Å². The van der Waals surface area contributed by atoms with E-state index in [0.717, 1.165) is 74.2 Å². The molecule has 2 aliphatic rings. The molecule has 1 unspecified atom stereocenters. The van der Waals surface area contributed by atoms with Crippen molar-refractivity contribution in [3.05, 3.63) is 79.1 Å². The van der Waals surface area contributed by atoms with Gasteiger partial charge in [-0.2, -0.15) is 0 Å². The van der Waals surface area contributed by atoms with Gasteiger partial charge in [-0.3, -0.25) is 9.36 Å². The van der Waals surface area contributed by atoms with Gasteiger partial charge in [0.1, 0.15) is 11.6 Å². The molecule has 6 rings (SSSR count). The number of benzene rings is 2. The molecule has 0 saturated carbocycles. The van der Waals surface area contributed by atoms with E-state index < -0.39 is 0 Å². The Morgan fingerprint density at radius 1 is 0.846 bits per heavy atom. The summed E-state index contributed by atoms with van der Waals surface area (Å²) < 4.78 is 7.48. The standard InChI is InChI=1S/C30H33N7O2/c1-39-26-12-6-5-11-25(26)34-18-20-35(21-19-34)30(38)24-10-7-16-36(22-24)27-13-14-28(33-32-27)37-17-15-31-29(37)23-8-3-2-4-9-23/h2-6,8-9,11-15,17,24H,7,10,16,18-22H2,1H3. The molecule has 2 saturated heterocycles. The van der Waals surface area contributed by atoms with Crippen LogP contribution in [0.1, 0.15) is 12.8 Å². The first-order valence-electron chi connectivity index (χ1n) is 13.6. The van der Waals surface area contributed by atoms with Gasteiger partial charge in [0.25, 0.3) is 0 Å². The number of aromatic nitrogens is 4. The van der Waals surface area contributed by atoms with E-state index in [9.17, 15) is 4.79 Å². The number of ether oxygens (including phenoxy) is 1. The van der Waals surface area contributed by atoms with E-state index in [1.54, 1.807) is 13.3 Å². The SMILES string of the molecule is COc1ccccc1N1CCN(C(=O)C2CCCN(c3ccc(-n4ccnc4-c4ccccc4)nn3)C2)CC1. The molecule has 2 aromatic carbocycles. The molecule has 9 heteroatoms. The van der Waals surface area contributed by atoms with Crippen molar-refractivity contribution in [1.29, 1.82) is 0 Å². The van der Waals surface area contributed by atoms with Crippen LogP contribution in [0.25, 0.3) is 17.2 Å². The molecule has 0 radical (unpaired) electrons. The predicted octanol–water partition coefficient (Wildman–Crippen LogP) is 3.90. The Kier molecular flexibility index (Phi) is 7.12. The first-order chi connectivity index (χ1) is 19.2. The lowest BCUT2D eigenvalue weighted by atomic mass is 9.96. The minimum atomic E-state index is -0.0311. The molecule has 200 valence electrons. The van der Waals surface area contributed by atoms with Gasteiger partial charge in [0.05, 0.1) is 18.7 Å². The molecule has 39 heavy (non-hydrogen) atoms. The first-order valence-corrected chi connectivity index (χ1v) is 13.6. The van der Waals surface area contributed by atoms with Crippen LogP contribution in [0.4, 0.5) is 11.5 Å². The van der Waals surface area contributed by atoms with Crippen LogP contribution in [-0.2, 0) is 4.79 Å². The van der Waals surface area contributed by atoms with Crippen LogP contribution >= 0.6 is 0 Å². The normalized spacial score (nSPS) is 17.8. The fourth-order valence-electron chi connectivity index (χ4n) is 5.61. The first kappa shape index (κ1) is 24.9. The highest BCUT2D eigenvalue weighted by Crippen LogP contribution is 2.29. The topological polar surface area (TPSA) is 79.6 Å². The molecular formula is C30H33N7O2. The molecule has 2 aliphatic heterocycles. The van der Waals surface area contributed by atoms with Crippen molar-refractivity contribution in [2.24, 2.45) is 5.92 Å². The molecule has 2 aromatic heterocycles. The molecule has 4 aromatic rings. The zero-order chi connectivity index (χ0) is 26.6. The zero-order valence-electron chi connectivity index (χ0n) is 22.2. The monoisotopic (exact) mass is 523 g/mol. The summed E-state index contributed by atoms with van der Waals surface area (Å²) in [4.78, 5) is 24.5. The minimum Gasteiger partial charge on any atom is -0.495 e. The Labute approximate surface area is 228 Å². The number of amides is 1. The van der Waals surface area contributed by atoms with Crippen LogP contribution in [0, 0.1) is 5.92 Å². The van der Waals surface area contributed by atoms with Gasteiger partial charge in [-0.15, -0.1) is 10.2 Å². The van der Waals surface area contributed by atoms with E-state index in [0.29, 0.717) is 12.4 Å². The van der Waals surface area contributed by atoms with Crippen LogP contribution in [0.2, 0.25) is 0 Å². The third-order valence-corrected chi connectivity index (χ3v) is 7.67. The molecule has 1 amide bonds. The minimum absolute atomic E-state index is 0.0311. The summed E-state index contributed by atoms with van der Waals surface area (Å²) in [5, 5.41) is 9.06. The lowest BCUT2D eigenvalue weighted by Gasteiger charge is -2.40. The molecule has 2 fully saturated rings. The van der Waals surface area contributed by atoms with Crippen molar-refractivity contribution in [2.45, 2.75) is 12.8 Å². The van der Waals surface area contributed by atoms with Crippen molar-refractivity contribution in [1.82, 2.24) is 24.6 Å². The summed E-state index contributed by atoms with van der Waals surface area (Å²) in [5.74, 6) is 3.43. The summed E-state index contributed by atoms with van der Waals surface area (Å²) in [6.45, 7) is 4.58. The van der Waals surface area contributed by atoms with E-state index in [2.05, 4.69) is 31.0 Å². The number of hydrogen-bond donors (Lipinski definition) is 0. The quantitative estimate of drug-likeness (QED) is 0.379. The van der Waals surface area contributed by atoms with E-state index in [4.69, 9.17) is 4.74 Å². The number of methoxy groups -OCH3 is 1. The second kappa shape index (κ2) is 11.1. The van der Waals surface area contributed by atoms with Crippen molar-refractivity contribution in [2.75, 3.05) is 56.2 Å². The van der Waals surface area contributed by atoms with Crippen LogP contribution in [0.3, 0.4) is 0 Å². The molecule has 0 bridgehead atoms. The van der Waals surface area contributed by atoms with E-state index in [1.165, 1.54) is 0 Å². The van der Waals surface area contributed by atoms with E-state index in [1.807, 2.05) is 76.3 Å². The van der Waals surface area contributed by atoms with Crippen LogP contribution in [-0.4, -0.2) is 76.9 Å². The van der Waals surface area contributed by atoms with E-state index in [-0.39, 0.29) is 11.8 Å². The maximum absolute atomic E-state index is 13.5.